The first-order chi connectivity index (χ1) is 37.0. The number of benzene rings is 4. The van der Waals surface area contributed by atoms with Gasteiger partial charge in [-0.1, -0.05) is 93.6 Å². The molecule has 2 aromatic heterocycles. The summed E-state index contributed by atoms with van der Waals surface area (Å²) in [5.41, 5.74) is 11.4. The number of nitrogens with zero attached hydrogens (tertiary/aromatic N) is 5. The van der Waals surface area contributed by atoms with E-state index in [9.17, 15) is 43.2 Å². The van der Waals surface area contributed by atoms with Crippen molar-refractivity contribution in [1.29, 1.82) is 0 Å². The van der Waals surface area contributed by atoms with Crippen molar-refractivity contribution in [3.8, 4) is 22.5 Å². The van der Waals surface area contributed by atoms with Gasteiger partial charge in [0.2, 0.25) is 0 Å². The summed E-state index contributed by atoms with van der Waals surface area (Å²) < 4.78 is 141. The van der Waals surface area contributed by atoms with Gasteiger partial charge in [0, 0.05) is 74.4 Å². The third kappa shape index (κ3) is 19.2. The fourth-order valence-corrected chi connectivity index (χ4v) is 10.7. The molecule has 6 aromatic rings. The van der Waals surface area contributed by atoms with E-state index in [0.29, 0.717) is 30.1 Å². The van der Waals surface area contributed by atoms with E-state index in [4.69, 9.17) is 25.9 Å². The van der Waals surface area contributed by atoms with Crippen molar-refractivity contribution in [3.05, 3.63) is 144 Å². The first kappa shape index (κ1) is 63.4. The Hall–Kier alpha value is -5.39. The van der Waals surface area contributed by atoms with Crippen LogP contribution in [-0.4, -0.2) is 126 Å². The SMILES string of the molecule is CCN(CC)CC.Cc1c(N)cc(-c2ccccc2)n1CCCN1CCOCC1.Cc1c(NS(=O)(=O)c2cccc(C(F)(F)F)c2)cc(-c2ccccc2)n1CCCN1CCOCC1.O=S(=O)(Cl)c1cccc(C(F)(F)F)c1. The predicted molar refractivity (Wildman–Crippen MR) is 298 cm³/mol. The second-order valence-corrected chi connectivity index (χ2v) is 22.7. The molecule has 0 bridgehead atoms. The largest absolute Gasteiger partial charge is 0.416 e. The van der Waals surface area contributed by atoms with Crippen LogP contribution in [0.5, 0.6) is 0 Å². The number of hydrogen-bond donors (Lipinski definition) is 2. The second-order valence-electron chi connectivity index (χ2n) is 18.5. The summed E-state index contributed by atoms with van der Waals surface area (Å²) in [4.78, 5) is 6.19. The molecule has 0 spiro atoms. The van der Waals surface area contributed by atoms with Gasteiger partial charge in [-0.25, -0.2) is 16.8 Å². The van der Waals surface area contributed by atoms with Crippen LogP contribution in [-0.2, 0) is 54.0 Å². The Morgan fingerprint density at radius 1 is 0.564 bits per heavy atom. The summed E-state index contributed by atoms with van der Waals surface area (Å²) in [6.45, 7) is 24.8. The minimum Gasteiger partial charge on any atom is -0.397 e. The van der Waals surface area contributed by atoms with Crippen LogP contribution in [0, 0.1) is 13.8 Å². The van der Waals surface area contributed by atoms with Gasteiger partial charge in [-0.05, 0) is 106 Å². The molecule has 8 rings (SSSR count). The highest BCUT2D eigenvalue weighted by atomic mass is 35.7. The molecule has 2 aliphatic heterocycles. The minimum absolute atomic E-state index is 0.340. The quantitative estimate of drug-likeness (QED) is 0.0669. The molecule has 4 heterocycles. The zero-order valence-electron chi connectivity index (χ0n) is 44.8. The van der Waals surface area contributed by atoms with Crippen LogP contribution in [0.3, 0.4) is 0 Å². The van der Waals surface area contributed by atoms with Gasteiger partial charge >= 0.3 is 12.4 Å². The zero-order valence-corrected chi connectivity index (χ0v) is 47.2. The number of halogens is 7. The average Bonchev–Trinajstić information content (AvgIpc) is 3.93. The molecule has 0 atom stereocenters. The Morgan fingerprint density at radius 2 is 0.974 bits per heavy atom. The number of rotatable bonds is 17. The average molecular weight is 1150 g/mol. The van der Waals surface area contributed by atoms with Crippen molar-refractivity contribution in [2.75, 3.05) is 95.8 Å². The number of morpholine rings is 2. The molecule has 0 saturated carbocycles. The van der Waals surface area contributed by atoms with E-state index in [1.165, 1.54) is 36.6 Å². The first-order valence-electron chi connectivity index (χ1n) is 25.9. The Balaban J connectivity index is 0.000000221. The molecule has 4 aromatic carbocycles. The first-order valence-corrected chi connectivity index (χ1v) is 29.7. The van der Waals surface area contributed by atoms with Gasteiger partial charge in [-0.15, -0.1) is 0 Å². The summed E-state index contributed by atoms with van der Waals surface area (Å²) in [5, 5.41) is 0. The minimum atomic E-state index is -4.63. The van der Waals surface area contributed by atoms with Crippen LogP contribution in [0.1, 0.15) is 56.1 Å². The van der Waals surface area contributed by atoms with E-state index in [0.717, 1.165) is 138 Å². The van der Waals surface area contributed by atoms with E-state index in [2.05, 4.69) is 86.6 Å². The highest BCUT2D eigenvalue weighted by molar-refractivity contribution is 8.13. The fourth-order valence-electron chi connectivity index (χ4n) is 8.78. The van der Waals surface area contributed by atoms with Crippen molar-refractivity contribution in [3.63, 3.8) is 0 Å². The van der Waals surface area contributed by atoms with E-state index in [1.54, 1.807) is 6.07 Å². The lowest BCUT2D eigenvalue weighted by molar-refractivity contribution is -0.138. The van der Waals surface area contributed by atoms with Gasteiger partial charge in [0.25, 0.3) is 19.1 Å². The lowest BCUT2D eigenvalue weighted by Gasteiger charge is -2.26. The lowest BCUT2D eigenvalue weighted by Crippen LogP contribution is -2.37. The topological polar surface area (TPSA) is 144 Å². The number of sulfonamides is 1. The van der Waals surface area contributed by atoms with E-state index >= 15 is 0 Å². The summed E-state index contributed by atoms with van der Waals surface area (Å²) in [6, 6.07) is 30.9. The fraction of sp³-hybridized carbons (Fsp3) is 0.429. The molecule has 13 nitrogen and oxygen atoms in total. The summed E-state index contributed by atoms with van der Waals surface area (Å²) in [6.07, 6.45) is -7.21. The molecular formula is C56H72ClF6N7O6S2. The smallest absolute Gasteiger partial charge is 0.397 e. The monoisotopic (exact) mass is 1150 g/mol. The molecule has 2 fully saturated rings. The number of aromatic nitrogens is 2. The normalized spacial score (nSPS) is 14.6. The van der Waals surface area contributed by atoms with E-state index in [1.807, 2.05) is 43.3 Å². The van der Waals surface area contributed by atoms with Crippen LogP contribution in [0.4, 0.5) is 37.7 Å². The van der Waals surface area contributed by atoms with Gasteiger partial charge in [0.15, 0.2) is 0 Å². The van der Waals surface area contributed by atoms with Gasteiger partial charge in [0.05, 0.1) is 70.1 Å². The van der Waals surface area contributed by atoms with Crippen LogP contribution in [0.15, 0.2) is 131 Å². The van der Waals surface area contributed by atoms with Crippen molar-refractivity contribution < 1.29 is 52.7 Å². The number of hydrogen-bond acceptors (Lipinski definition) is 10. The Labute approximate surface area is 460 Å². The number of nitrogens with one attached hydrogen (secondary N) is 1. The Morgan fingerprint density at radius 3 is 1.38 bits per heavy atom. The van der Waals surface area contributed by atoms with E-state index in [-0.39, 0.29) is 0 Å². The van der Waals surface area contributed by atoms with Crippen molar-refractivity contribution in [2.24, 2.45) is 0 Å². The Kier molecular flexibility index (Phi) is 24.2. The highest BCUT2D eigenvalue weighted by Crippen LogP contribution is 2.35. The molecule has 0 amide bonds. The van der Waals surface area contributed by atoms with E-state index < -0.39 is 52.3 Å². The molecule has 3 N–H and O–H groups in total. The summed E-state index contributed by atoms with van der Waals surface area (Å²) in [7, 11) is -3.46. The number of anilines is 2. The van der Waals surface area contributed by atoms with Gasteiger partial charge < -0.3 is 29.2 Å². The molecule has 78 heavy (non-hydrogen) atoms. The van der Waals surface area contributed by atoms with Crippen LogP contribution >= 0.6 is 10.7 Å². The summed E-state index contributed by atoms with van der Waals surface area (Å²) in [5.74, 6) is 0. The van der Waals surface area contributed by atoms with Gasteiger partial charge in [-0.3, -0.25) is 14.5 Å². The maximum absolute atomic E-state index is 13.1. The second kappa shape index (κ2) is 29.7. The molecule has 0 radical (unpaired) electrons. The van der Waals surface area contributed by atoms with Crippen LogP contribution in [0.25, 0.3) is 22.5 Å². The number of nitrogens with two attached hydrogens (primary N) is 1. The summed E-state index contributed by atoms with van der Waals surface area (Å²) >= 11 is 0. The number of alkyl halides is 6. The number of nitrogen functional groups attached to an aromatic ring is 1. The zero-order chi connectivity index (χ0) is 57.1. The van der Waals surface area contributed by atoms with Crippen molar-refractivity contribution in [1.82, 2.24) is 23.8 Å². The number of ether oxygens (including phenoxy) is 2. The highest BCUT2D eigenvalue weighted by Gasteiger charge is 2.33. The lowest BCUT2D eigenvalue weighted by atomic mass is 10.1. The Bertz CT molecular complexity index is 2990. The van der Waals surface area contributed by atoms with Crippen LogP contribution < -0.4 is 10.5 Å². The molecule has 428 valence electrons. The molecule has 0 aliphatic carbocycles. The van der Waals surface area contributed by atoms with Crippen LogP contribution in [0.2, 0.25) is 0 Å². The molecule has 22 heteroatoms. The maximum Gasteiger partial charge on any atom is 0.416 e. The van der Waals surface area contributed by atoms with Gasteiger partial charge in [0.1, 0.15) is 0 Å². The maximum atomic E-state index is 13.1. The predicted octanol–water partition coefficient (Wildman–Crippen LogP) is 11.8. The molecule has 0 unspecified atom stereocenters. The van der Waals surface area contributed by atoms with Crippen molar-refractivity contribution >= 4 is 41.1 Å². The van der Waals surface area contributed by atoms with Gasteiger partial charge in [-0.2, -0.15) is 26.3 Å². The standard InChI is InChI=1S/C25H28F3N3O3S.C18H25N3O.C7H4ClF3O2S.C6H15N/c1-19-23(29-35(32,33)22-10-5-9-21(17-22)25(26,27)28)18-24(20-7-3-2-4-8-20)31(19)12-6-11-30-13-15-34-16-14-30;1-15-17(19)14-18(16-6-3-2-4-7-16)21(15)9-5-8-20-10-12-22-13-11-20;8-14(12,13)6-3-1-2-5(4-6)7(9,10)11;1-4-7(5-2)6-3/h2-5,7-10,17-18,29H,6,11-16H2,1H3;2-4,6-7,14H,5,8-13,19H2,1H3;1-4H;4-6H2,1-3H3. The van der Waals surface area contributed by atoms with Crippen molar-refractivity contribution in [2.45, 2.75) is 82.7 Å². The molecular weight excluding hydrogens is 1080 g/mol. The third-order valence-corrected chi connectivity index (χ3v) is 16.0. The molecule has 2 saturated heterocycles. The third-order valence-electron chi connectivity index (χ3n) is 13.3. The molecule has 2 aliphatic rings.